The lowest BCUT2D eigenvalue weighted by Gasteiger charge is -2.10. The lowest BCUT2D eigenvalue weighted by molar-refractivity contribution is -0.134. The summed E-state index contributed by atoms with van der Waals surface area (Å²) >= 11 is 0. The second kappa shape index (κ2) is 5.45. The molecule has 0 unspecified atom stereocenters. The van der Waals surface area contributed by atoms with Gasteiger partial charge >= 0.3 is 5.97 Å². The third-order valence-corrected chi connectivity index (χ3v) is 2.19. The van der Waals surface area contributed by atoms with E-state index in [9.17, 15) is 9.59 Å². The fourth-order valence-corrected chi connectivity index (χ4v) is 1.27. The third kappa shape index (κ3) is 2.92. The molecule has 0 aliphatic carbocycles. The third-order valence-electron chi connectivity index (χ3n) is 2.19. The van der Waals surface area contributed by atoms with Crippen LogP contribution in [0.5, 0.6) is 5.75 Å². The number of rotatable bonds is 4. The standard InChI is InChI=1S/C13H16O3/c1-4-12(14)16-11-8-6-5-7-10(11)13(15)9(2)3/h5-9H,4H2,1-3H3. The van der Waals surface area contributed by atoms with Crippen LogP contribution in [0.25, 0.3) is 0 Å². The van der Waals surface area contributed by atoms with E-state index < -0.39 is 0 Å². The van der Waals surface area contributed by atoms with Crippen molar-refractivity contribution < 1.29 is 14.3 Å². The van der Waals surface area contributed by atoms with Crippen molar-refractivity contribution >= 4 is 11.8 Å². The van der Waals surface area contributed by atoms with Gasteiger partial charge in [-0.1, -0.05) is 32.9 Å². The highest BCUT2D eigenvalue weighted by Gasteiger charge is 2.16. The second-order valence-corrected chi connectivity index (χ2v) is 3.84. The molecule has 0 radical (unpaired) electrons. The average Bonchev–Trinajstić information content (AvgIpc) is 2.28. The molecule has 0 N–H and O–H groups in total. The highest BCUT2D eigenvalue weighted by atomic mass is 16.5. The van der Waals surface area contributed by atoms with Gasteiger partial charge in [0.25, 0.3) is 0 Å². The molecular formula is C13H16O3. The van der Waals surface area contributed by atoms with Crippen molar-refractivity contribution in [2.24, 2.45) is 5.92 Å². The number of hydrogen-bond acceptors (Lipinski definition) is 3. The van der Waals surface area contributed by atoms with Gasteiger partial charge in [0.2, 0.25) is 0 Å². The van der Waals surface area contributed by atoms with Crippen molar-refractivity contribution in [2.45, 2.75) is 27.2 Å². The maximum Gasteiger partial charge on any atom is 0.310 e. The van der Waals surface area contributed by atoms with Crippen LogP contribution in [0.4, 0.5) is 0 Å². The molecule has 0 atom stereocenters. The number of Topliss-reactive ketones (excluding diaryl/α,β-unsaturated/α-hetero) is 1. The summed E-state index contributed by atoms with van der Waals surface area (Å²) < 4.78 is 5.11. The molecule has 0 spiro atoms. The van der Waals surface area contributed by atoms with Crippen LogP contribution in [0, 0.1) is 5.92 Å². The van der Waals surface area contributed by atoms with E-state index in [1.54, 1.807) is 31.2 Å². The first-order valence-corrected chi connectivity index (χ1v) is 5.40. The van der Waals surface area contributed by atoms with Crippen molar-refractivity contribution in [1.29, 1.82) is 0 Å². The van der Waals surface area contributed by atoms with Gasteiger partial charge in [0, 0.05) is 12.3 Å². The van der Waals surface area contributed by atoms with Gasteiger partial charge in [-0.2, -0.15) is 0 Å². The minimum Gasteiger partial charge on any atom is -0.426 e. The summed E-state index contributed by atoms with van der Waals surface area (Å²) in [6, 6.07) is 6.83. The lowest BCUT2D eigenvalue weighted by Crippen LogP contribution is -2.13. The molecule has 0 heterocycles. The molecule has 1 aromatic rings. The summed E-state index contributed by atoms with van der Waals surface area (Å²) in [6.45, 7) is 5.36. The van der Waals surface area contributed by atoms with Crippen molar-refractivity contribution in [3.8, 4) is 5.75 Å². The Morgan fingerprint density at radius 3 is 2.44 bits per heavy atom. The number of benzene rings is 1. The number of carbonyl (C=O) groups is 2. The van der Waals surface area contributed by atoms with Crippen LogP contribution in [0.15, 0.2) is 24.3 Å². The predicted molar refractivity (Wildman–Crippen MR) is 61.5 cm³/mol. The Morgan fingerprint density at radius 2 is 1.88 bits per heavy atom. The summed E-state index contributed by atoms with van der Waals surface area (Å²) in [5.74, 6) is -0.0990. The van der Waals surface area contributed by atoms with Gasteiger partial charge in [0.1, 0.15) is 5.75 Å². The minimum atomic E-state index is -0.330. The molecule has 0 fully saturated rings. The highest BCUT2D eigenvalue weighted by Crippen LogP contribution is 2.21. The first-order valence-electron chi connectivity index (χ1n) is 5.40. The Labute approximate surface area is 95.4 Å². The molecule has 0 aliphatic heterocycles. The summed E-state index contributed by atoms with van der Waals surface area (Å²) in [6.07, 6.45) is 0.296. The van der Waals surface area contributed by atoms with Crippen molar-refractivity contribution in [3.05, 3.63) is 29.8 Å². The summed E-state index contributed by atoms with van der Waals surface area (Å²) in [4.78, 5) is 23.0. The lowest BCUT2D eigenvalue weighted by atomic mass is 10.0. The Bertz CT molecular complexity index is 394. The van der Waals surface area contributed by atoms with E-state index in [0.29, 0.717) is 17.7 Å². The first kappa shape index (κ1) is 12.4. The molecule has 86 valence electrons. The average molecular weight is 220 g/mol. The molecule has 0 aliphatic rings. The Morgan fingerprint density at radius 1 is 1.25 bits per heavy atom. The zero-order valence-electron chi connectivity index (χ0n) is 9.82. The summed E-state index contributed by atoms with van der Waals surface area (Å²) in [5.41, 5.74) is 0.472. The number of ether oxygens (including phenoxy) is 1. The van der Waals surface area contributed by atoms with Crippen LogP contribution in [0.1, 0.15) is 37.6 Å². The molecule has 0 saturated carbocycles. The van der Waals surface area contributed by atoms with Crippen LogP contribution >= 0.6 is 0 Å². The Kier molecular flexibility index (Phi) is 4.23. The molecular weight excluding hydrogens is 204 g/mol. The van der Waals surface area contributed by atoms with Crippen molar-refractivity contribution in [1.82, 2.24) is 0 Å². The maximum absolute atomic E-state index is 11.8. The molecule has 1 rings (SSSR count). The zero-order valence-corrected chi connectivity index (χ0v) is 9.82. The first-order chi connectivity index (χ1) is 7.56. The molecule has 3 heteroatoms. The molecule has 1 aromatic carbocycles. The van der Waals surface area contributed by atoms with Crippen LogP contribution in [-0.2, 0) is 4.79 Å². The SMILES string of the molecule is CCC(=O)Oc1ccccc1C(=O)C(C)C. The highest BCUT2D eigenvalue weighted by molar-refractivity contribution is 6.00. The maximum atomic E-state index is 11.8. The van der Waals surface area contributed by atoms with E-state index >= 15 is 0 Å². The summed E-state index contributed by atoms with van der Waals surface area (Å²) in [5, 5.41) is 0. The van der Waals surface area contributed by atoms with E-state index in [1.807, 2.05) is 13.8 Å². The molecule has 0 saturated heterocycles. The quantitative estimate of drug-likeness (QED) is 0.445. The predicted octanol–water partition coefficient (Wildman–Crippen LogP) is 2.84. The van der Waals surface area contributed by atoms with E-state index in [-0.39, 0.29) is 17.7 Å². The fourth-order valence-electron chi connectivity index (χ4n) is 1.27. The zero-order chi connectivity index (χ0) is 12.1. The van der Waals surface area contributed by atoms with Gasteiger partial charge in [-0.3, -0.25) is 9.59 Å². The van der Waals surface area contributed by atoms with E-state index in [4.69, 9.17) is 4.74 Å². The second-order valence-electron chi connectivity index (χ2n) is 3.84. The van der Waals surface area contributed by atoms with Gasteiger partial charge in [-0.05, 0) is 12.1 Å². The van der Waals surface area contributed by atoms with Gasteiger partial charge in [0.05, 0.1) is 5.56 Å². The number of hydrogen-bond donors (Lipinski definition) is 0. The molecule has 0 bridgehead atoms. The van der Waals surface area contributed by atoms with Gasteiger partial charge in [0.15, 0.2) is 5.78 Å². The van der Waals surface area contributed by atoms with Crippen molar-refractivity contribution in [2.75, 3.05) is 0 Å². The van der Waals surface area contributed by atoms with E-state index in [0.717, 1.165) is 0 Å². The van der Waals surface area contributed by atoms with Crippen LogP contribution < -0.4 is 4.74 Å². The van der Waals surface area contributed by atoms with E-state index in [1.165, 1.54) is 0 Å². The largest absolute Gasteiger partial charge is 0.426 e. The minimum absolute atomic E-state index is 0.0143. The van der Waals surface area contributed by atoms with Gasteiger partial charge in [-0.15, -0.1) is 0 Å². The molecule has 3 nitrogen and oxygen atoms in total. The monoisotopic (exact) mass is 220 g/mol. The molecule has 16 heavy (non-hydrogen) atoms. The number of esters is 1. The Balaban J connectivity index is 3.00. The van der Waals surface area contributed by atoms with Crippen LogP contribution in [0.3, 0.4) is 0 Å². The Hall–Kier alpha value is -1.64. The summed E-state index contributed by atoms with van der Waals surface area (Å²) in [7, 11) is 0. The molecule has 0 amide bonds. The molecule has 0 aromatic heterocycles. The van der Waals surface area contributed by atoms with Crippen LogP contribution in [-0.4, -0.2) is 11.8 Å². The fraction of sp³-hybridized carbons (Fsp3) is 0.385. The number of carbonyl (C=O) groups excluding carboxylic acids is 2. The normalized spacial score (nSPS) is 10.2. The number of para-hydroxylation sites is 1. The van der Waals surface area contributed by atoms with Crippen molar-refractivity contribution in [3.63, 3.8) is 0 Å². The number of ketones is 1. The van der Waals surface area contributed by atoms with Gasteiger partial charge < -0.3 is 4.74 Å². The smallest absolute Gasteiger partial charge is 0.310 e. The topological polar surface area (TPSA) is 43.4 Å². The van der Waals surface area contributed by atoms with E-state index in [2.05, 4.69) is 0 Å². The van der Waals surface area contributed by atoms with Gasteiger partial charge in [-0.25, -0.2) is 0 Å². The van der Waals surface area contributed by atoms with Crippen LogP contribution in [0.2, 0.25) is 0 Å².